The number of aliphatic hydroxyl groups excluding tert-OH is 1. The predicted molar refractivity (Wildman–Crippen MR) is 97.4 cm³/mol. The van der Waals surface area contributed by atoms with Gasteiger partial charge in [0.1, 0.15) is 13.4 Å². The Labute approximate surface area is 156 Å². The van der Waals surface area contributed by atoms with Gasteiger partial charge in [0.25, 0.3) is 0 Å². The molecular weight excluding hydrogens is 338 g/mol. The third-order valence-corrected chi connectivity index (χ3v) is 4.79. The van der Waals surface area contributed by atoms with Gasteiger partial charge >= 0.3 is 6.09 Å². The molecule has 0 aromatic carbocycles. The van der Waals surface area contributed by atoms with Crippen molar-refractivity contribution >= 4 is 12.0 Å². The van der Waals surface area contributed by atoms with Crippen LogP contribution in [0.4, 0.5) is 4.79 Å². The van der Waals surface area contributed by atoms with Crippen LogP contribution in [0.15, 0.2) is 11.6 Å². The van der Waals surface area contributed by atoms with Gasteiger partial charge < -0.3 is 19.3 Å². The second kappa shape index (κ2) is 10.6. The number of rotatable bonds is 10. The Balaban J connectivity index is 2.65. The molecule has 7 nitrogen and oxygen atoms in total. The van der Waals surface area contributed by atoms with Crippen molar-refractivity contribution in [3.63, 3.8) is 0 Å². The molecule has 1 aliphatic rings. The maximum Gasteiger partial charge on any atom is 0.416 e. The summed E-state index contributed by atoms with van der Waals surface area (Å²) >= 11 is 0. The van der Waals surface area contributed by atoms with Crippen molar-refractivity contribution in [1.29, 1.82) is 0 Å². The number of hydrogen-bond acceptors (Lipinski definition) is 6. The quantitative estimate of drug-likeness (QED) is 0.361. The van der Waals surface area contributed by atoms with E-state index in [1.807, 2.05) is 33.8 Å². The molecular formula is C19H33NO6. The maximum absolute atomic E-state index is 12.8. The zero-order valence-electron chi connectivity index (χ0n) is 16.7. The predicted octanol–water partition coefficient (Wildman–Crippen LogP) is 2.58. The summed E-state index contributed by atoms with van der Waals surface area (Å²) in [5.41, 5.74) is 1.06. The summed E-state index contributed by atoms with van der Waals surface area (Å²) in [4.78, 5) is 25.9. The lowest BCUT2D eigenvalue weighted by Gasteiger charge is -2.29. The summed E-state index contributed by atoms with van der Waals surface area (Å²) in [6.07, 6.45) is 1.09. The van der Waals surface area contributed by atoms with Crippen molar-refractivity contribution in [2.75, 3.05) is 27.1 Å². The second-order valence-corrected chi connectivity index (χ2v) is 7.38. The first-order chi connectivity index (χ1) is 12.2. The van der Waals surface area contributed by atoms with E-state index in [1.54, 1.807) is 14.0 Å². The van der Waals surface area contributed by atoms with Crippen LogP contribution in [0.1, 0.15) is 41.0 Å². The van der Waals surface area contributed by atoms with E-state index in [2.05, 4.69) is 0 Å². The van der Waals surface area contributed by atoms with Gasteiger partial charge in [-0.05, 0) is 25.2 Å². The molecule has 1 N–H and O–H groups in total. The molecule has 26 heavy (non-hydrogen) atoms. The Kier molecular flexibility index (Phi) is 9.25. The van der Waals surface area contributed by atoms with E-state index in [4.69, 9.17) is 14.2 Å². The average Bonchev–Trinajstić information content (AvgIpc) is 2.98. The van der Waals surface area contributed by atoms with Gasteiger partial charge in [0, 0.05) is 7.11 Å². The second-order valence-electron chi connectivity index (χ2n) is 7.38. The van der Waals surface area contributed by atoms with Gasteiger partial charge in [-0.3, -0.25) is 4.79 Å². The molecule has 0 unspecified atom stereocenters. The summed E-state index contributed by atoms with van der Waals surface area (Å²) in [5, 5.41) is 10.6. The highest BCUT2D eigenvalue weighted by molar-refractivity contribution is 5.95. The van der Waals surface area contributed by atoms with Crippen molar-refractivity contribution in [2.45, 2.75) is 53.2 Å². The molecule has 1 rings (SSSR count). The van der Waals surface area contributed by atoms with Gasteiger partial charge in [-0.1, -0.05) is 39.3 Å². The van der Waals surface area contributed by atoms with Crippen molar-refractivity contribution in [2.24, 2.45) is 17.8 Å². The van der Waals surface area contributed by atoms with Crippen LogP contribution in [0.25, 0.3) is 0 Å². The molecule has 1 fully saturated rings. The lowest BCUT2D eigenvalue weighted by molar-refractivity contribution is -0.138. The molecule has 7 heteroatoms. The van der Waals surface area contributed by atoms with Crippen LogP contribution in [0.3, 0.4) is 0 Å². The Morgan fingerprint density at radius 2 is 2.04 bits per heavy atom. The molecule has 0 aliphatic carbocycles. The normalized spacial score (nSPS) is 21.7. The highest BCUT2D eigenvalue weighted by atomic mass is 16.7. The molecule has 150 valence electrons. The lowest BCUT2D eigenvalue weighted by atomic mass is 9.87. The molecule has 0 spiro atoms. The van der Waals surface area contributed by atoms with Crippen LogP contribution in [0.5, 0.6) is 0 Å². The first-order valence-corrected chi connectivity index (χ1v) is 9.10. The summed E-state index contributed by atoms with van der Waals surface area (Å²) < 4.78 is 15.1. The molecule has 0 aromatic heterocycles. The topological polar surface area (TPSA) is 85.3 Å². The minimum atomic E-state index is -0.855. The van der Waals surface area contributed by atoms with Crippen LogP contribution in [-0.2, 0) is 19.0 Å². The minimum Gasteiger partial charge on any atom is -0.447 e. The Hall–Kier alpha value is -1.44. The van der Waals surface area contributed by atoms with E-state index >= 15 is 0 Å². The van der Waals surface area contributed by atoms with E-state index < -0.39 is 18.1 Å². The molecule has 2 amide bonds. The standard InChI is InChI=1S/C19H33NO6/c1-12(2)16-10-26-19(23)20(16)18(22)15(5)17(21)14(4)9-13(3)7-8-25-11-24-6/h7,12,14-17,21H,8-11H2,1-6H3/b13-7+/t14-,15-,16+,17+/m0/s1. The van der Waals surface area contributed by atoms with Crippen LogP contribution in [0, 0.1) is 17.8 Å². The van der Waals surface area contributed by atoms with Gasteiger partial charge in [0.2, 0.25) is 5.91 Å². The van der Waals surface area contributed by atoms with E-state index in [0.29, 0.717) is 13.0 Å². The molecule has 0 saturated carbocycles. The fourth-order valence-electron chi connectivity index (χ4n) is 3.08. The first-order valence-electron chi connectivity index (χ1n) is 9.10. The molecule has 1 saturated heterocycles. The largest absolute Gasteiger partial charge is 0.447 e. The number of nitrogens with zero attached hydrogens (tertiary/aromatic N) is 1. The third kappa shape index (κ3) is 6.07. The molecule has 0 radical (unpaired) electrons. The van der Waals surface area contributed by atoms with Crippen molar-refractivity contribution in [3.8, 4) is 0 Å². The van der Waals surface area contributed by atoms with Gasteiger partial charge in [0.15, 0.2) is 0 Å². The van der Waals surface area contributed by atoms with Crippen molar-refractivity contribution in [1.82, 2.24) is 4.90 Å². The number of ether oxygens (including phenoxy) is 3. The number of hydrogen-bond donors (Lipinski definition) is 1. The number of methoxy groups -OCH3 is 1. The van der Waals surface area contributed by atoms with E-state index in [-0.39, 0.29) is 37.2 Å². The number of imide groups is 1. The molecule has 1 heterocycles. The van der Waals surface area contributed by atoms with E-state index in [9.17, 15) is 14.7 Å². The molecule has 1 aliphatic heterocycles. The fourth-order valence-corrected chi connectivity index (χ4v) is 3.08. The average molecular weight is 371 g/mol. The minimum absolute atomic E-state index is 0.101. The Bertz CT molecular complexity index is 504. The lowest BCUT2D eigenvalue weighted by Crippen LogP contribution is -2.47. The zero-order chi connectivity index (χ0) is 19.9. The number of carbonyl (C=O) groups excluding carboxylic acids is 2. The Morgan fingerprint density at radius 3 is 2.62 bits per heavy atom. The molecule has 4 atom stereocenters. The highest BCUT2D eigenvalue weighted by Crippen LogP contribution is 2.26. The van der Waals surface area contributed by atoms with Crippen LogP contribution in [-0.4, -0.2) is 61.3 Å². The zero-order valence-corrected chi connectivity index (χ0v) is 16.7. The summed E-state index contributed by atoms with van der Waals surface area (Å²) in [6, 6.07) is -0.278. The summed E-state index contributed by atoms with van der Waals surface area (Å²) in [7, 11) is 1.56. The molecule has 0 aromatic rings. The summed E-state index contributed by atoms with van der Waals surface area (Å²) in [6.45, 7) is 10.3. The number of carbonyl (C=O) groups is 2. The van der Waals surface area contributed by atoms with Gasteiger partial charge in [-0.2, -0.15) is 0 Å². The third-order valence-electron chi connectivity index (χ3n) is 4.79. The fraction of sp³-hybridized carbons (Fsp3) is 0.789. The number of allylic oxidation sites excluding steroid dienone is 1. The van der Waals surface area contributed by atoms with Gasteiger partial charge in [-0.25, -0.2) is 9.69 Å². The van der Waals surface area contributed by atoms with Crippen LogP contribution >= 0.6 is 0 Å². The monoisotopic (exact) mass is 371 g/mol. The SMILES string of the molecule is COCOC/C=C(\C)C[C@H](C)[C@@H](O)[C@H](C)C(=O)N1C(=O)OC[C@@H]1C(C)C. The summed E-state index contributed by atoms with van der Waals surface area (Å²) in [5.74, 6) is -1.10. The smallest absolute Gasteiger partial charge is 0.416 e. The van der Waals surface area contributed by atoms with Crippen molar-refractivity contribution in [3.05, 3.63) is 11.6 Å². The number of cyclic esters (lactones) is 1. The Morgan fingerprint density at radius 1 is 1.38 bits per heavy atom. The maximum atomic E-state index is 12.8. The van der Waals surface area contributed by atoms with Crippen LogP contribution in [0.2, 0.25) is 0 Å². The van der Waals surface area contributed by atoms with Gasteiger partial charge in [0.05, 0.1) is 24.7 Å². The van der Waals surface area contributed by atoms with E-state index in [1.165, 1.54) is 4.90 Å². The van der Waals surface area contributed by atoms with Crippen LogP contribution < -0.4 is 0 Å². The van der Waals surface area contributed by atoms with Gasteiger partial charge in [-0.15, -0.1) is 0 Å². The number of amides is 2. The van der Waals surface area contributed by atoms with E-state index in [0.717, 1.165) is 5.57 Å². The highest BCUT2D eigenvalue weighted by Gasteiger charge is 2.43. The number of aliphatic hydroxyl groups is 1. The van der Waals surface area contributed by atoms with Crippen molar-refractivity contribution < 1.29 is 28.9 Å². The molecule has 0 bridgehead atoms. The first kappa shape index (κ1) is 22.6.